The van der Waals surface area contributed by atoms with Crippen LogP contribution in [0.1, 0.15) is 5.56 Å². The van der Waals surface area contributed by atoms with Gasteiger partial charge >= 0.3 is 0 Å². The smallest absolute Gasteiger partial charge is 0.188 e. The van der Waals surface area contributed by atoms with Crippen molar-refractivity contribution >= 4 is 15.9 Å². The third-order valence-corrected chi connectivity index (χ3v) is 2.28. The largest absolute Gasteiger partial charge is 0.492 e. The number of hydrogen-bond acceptors (Lipinski definition) is 3. The molecule has 0 saturated carbocycles. The first-order valence-corrected chi connectivity index (χ1v) is 4.94. The van der Waals surface area contributed by atoms with E-state index in [1.807, 2.05) is 19.1 Å². The standard InChI is InChI=1S/C10H13BrO3/c1-7-4-8(11)10(13-3)9(5-7)14-6-12-2/h4-5H,6H2,1-3H3. The molecule has 1 aromatic carbocycles. The van der Waals surface area contributed by atoms with Gasteiger partial charge in [0.1, 0.15) is 0 Å². The van der Waals surface area contributed by atoms with Crippen LogP contribution in [-0.4, -0.2) is 21.0 Å². The third-order valence-electron chi connectivity index (χ3n) is 1.69. The van der Waals surface area contributed by atoms with Crippen LogP contribution in [0.4, 0.5) is 0 Å². The molecule has 1 aromatic rings. The van der Waals surface area contributed by atoms with Gasteiger partial charge < -0.3 is 14.2 Å². The van der Waals surface area contributed by atoms with Gasteiger partial charge in [-0.05, 0) is 40.5 Å². The van der Waals surface area contributed by atoms with Crippen LogP contribution in [0.15, 0.2) is 16.6 Å². The summed E-state index contributed by atoms with van der Waals surface area (Å²) in [6, 6.07) is 3.88. The van der Waals surface area contributed by atoms with E-state index in [4.69, 9.17) is 14.2 Å². The number of ether oxygens (including phenoxy) is 3. The van der Waals surface area contributed by atoms with E-state index in [0.29, 0.717) is 11.5 Å². The predicted octanol–water partition coefficient (Wildman–Crippen LogP) is 2.75. The summed E-state index contributed by atoms with van der Waals surface area (Å²) < 4.78 is 16.3. The lowest BCUT2D eigenvalue weighted by Gasteiger charge is -2.12. The van der Waals surface area contributed by atoms with Crippen molar-refractivity contribution in [3.05, 3.63) is 22.2 Å². The summed E-state index contributed by atoms with van der Waals surface area (Å²) in [7, 11) is 3.19. The maximum Gasteiger partial charge on any atom is 0.188 e. The van der Waals surface area contributed by atoms with Crippen LogP contribution in [0.3, 0.4) is 0 Å². The van der Waals surface area contributed by atoms with E-state index < -0.39 is 0 Å². The zero-order valence-electron chi connectivity index (χ0n) is 8.46. The monoisotopic (exact) mass is 260 g/mol. The summed E-state index contributed by atoms with van der Waals surface area (Å²) >= 11 is 3.40. The van der Waals surface area contributed by atoms with Crippen LogP contribution in [0.5, 0.6) is 11.5 Å². The Morgan fingerprint density at radius 3 is 2.57 bits per heavy atom. The molecule has 0 spiro atoms. The molecule has 0 aliphatic heterocycles. The van der Waals surface area contributed by atoms with E-state index in [1.165, 1.54) is 0 Å². The zero-order chi connectivity index (χ0) is 10.6. The molecule has 4 heteroatoms. The lowest BCUT2D eigenvalue weighted by molar-refractivity contribution is 0.0490. The van der Waals surface area contributed by atoms with Crippen LogP contribution in [0, 0.1) is 6.92 Å². The van der Waals surface area contributed by atoms with E-state index in [2.05, 4.69) is 15.9 Å². The first-order chi connectivity index (χ1) is 6.69. The van der Waals surface area contributed by atoms with Gasteiger partial charge in [0.25, 0.3) is 0 Å². The molecule has 0 radical (unpaired) electrons. The Bertz CT molecular complexity index is 312. The van der Waals surface area contributed by atoms with E-state index in [0.717, 1.165) is 10.0 Å². The molecule has 0 aliphatic carbocycles. The Labute approximate surface area is 92.1 Å². The zero-order valence-corrected chi connectivity index (χ0v) is 10.1. The molecular formula is C10H13BrO3. The molecule has 0 amide bonds. The summed E-state index contributed by atoms with van der Waals surface area (Å²) in [5.74, 6) is 1.37. The number of aryl methyl sites for hydroxylation is 1. The van der Waals surface area contributed by atoms with Crippen molar-refractivity contribution in [1.29, 1.82) is 0 Å². The first-order valence-electron chi connectivity index (χ1n) is 4.15. The highest BCUT2D eigenvalue weighted by molar-refractivity contribution is 9.10. The molecule has 0 N–H and O–H groups in total. The Balaban J connectivity index is 2.99. The lowest BCUT2D eigenvalue weighted by Crippen LogP contribution is -2.01. The summed E-state index contributed by atoms with van der Waals surface area (Å²) in [6.45, 7) is 2.20. The maximum atomic E-state index is 5.36. The van der Waals surface area contributed by atoms with Crippen LogP contribution in [0.2, 0.25) is 0 Å². The second-order valence-electron chi connectivity index (χ2n) is 2.83. The quantitative estimate of drug-likeness (QED) is 0.780. The molecule has 0 atom stereocenters. The highest BCUT2D eigenvalue weighted by Gasteiger charge is 2.09. The topological polar surface area (TPSA) is 27.7 Å². The Morgan fingerprint density at radius 1 is 1.29 bits per heavy atom. The summed E-state index contributed by atoms with van der Waals surface area (Å²) in [5, 5.41) is 0. The first kappa shape index (κ1) is 11.3. The van der Waals surface area contributed by atoms with Crippen LogP contribution in [0.25, 0.3) is 0 Å². The highest BCUT2D eigenvalue weighted by Crippen LogP contribution is 2.36. The molecule has 3 nitrogen and oxygen atoms in total. The van der Waals surface area contributed by atoms with Gasteiger partial charge in [0.05, 0.1) is 11.6 Å². The normalized spacial score (nSPS) is 10.0. The molecule has 0 saturated heterocycles. The van der Waals surface area contributed by atoms with Crippen molar-refractivity contribution in [2.75, 3.05) is 21.0 Å². The third kappa shape index (κ3) is 2.62. The number of benzene rings is 1. The van der Waals surface area contributed by atoms with Crippen LogP contribution >= 0.6 is 15.9 Å². The SMILES string of the molecule is COCOc1cc(C)cc(Br)c1OC. The van der Waals surface area contributed by atoms with Crippen molar-refractivity contribution < 1.29 is 14.2 Å². The van der Waals surface area contributed by atoms with E-state index in [-0.39, 0.29) is 6.79 Å². The van der Waals surface area contributed by atoms with Gasteiger partial charge in [-0.25, -0.2) is 0 Å². The molecule has 0 aliphatic rings. The number of hydrogen-bond donors (Lipinski definition) is 0. The minimum atomic E-state index is 0.215. The van der Waals surface area contributed by atoms with Crippen LogP contribution in [-0.2, 0) is 4.74 Å². The second kappa shape index (κ2) is 5.22. The van der Waals surface area contributed by atoms with E-state index in [9.17, 15) is 0 Å². The van der Waals surface area contributed by atoms with Gasteiger partial charge in [-0.3, -0.25) is 0 Å². The van der Waals surface area contributed by atoms with Gasteiger partial charge in [0.15, 0.2) is 18.3 Å². The maximum absolute atomic E-state index is 5.36. The van der Waals surface area contributed by atoms with Crippen molar-refractivity contribution in [2.24, 2.45) is 0 Å². The summed E-state index contributed by atoms with van der Waals surface area (Å²) in [6.07, 6.45) is 0. The minimum absolute atomic E-state index is 0.215. The Morgan fingerprint density at radius 2 is 2.00 bits per heavy atom. The fraction of sp³-hybridized carbons (Fsp3) is 0.400. The van der Waals surface area contributed by atoms with Gasteiger partial charge in [-0.1, -0.05) is 0 Å². The molecule has 0 bridgehead atoms. The average molecular weight is 261 g/mol. The van der Waals surface area contributed by atoms with E-state index in [1.54, 1.807) is 14.2 Å². The molecule has 0 fully saturated rings. The van der Waals surface area contributed by atoms with Gasteiger partial charge in [0.2, 0.25) is 0 Å². The van der Waals surface area contributed by atoms with E-state index >= 15 is 0 Å². The molecular weight excluding hydrogens is 248 g/mol. The fourth-order valence-corrected chi connectivity index (χ4v) is 1.84. The van der Waals surface area contributed by atoms with Crippen LogP contribution < -0.4 is 9.47 Å². The van der Waals surface area contributed by atoms with Gasteiger partial charge in [0, 0.05) is 7.11 Å². The lowest BCUT2D eigenvalue weighted by atomic mass is 10.2. The number of halogens is 1. The molecule has 78 valence electrons. The Kier molecular flexibility index (Phi) is 4.22. The Hall–Kier alpha value is -0.740. The summed E-state index contributed by atoms with van der Waals surface area (Å²) in [5.41, 5.74) is 1.10. The second-order valence-corrected chi connectivity index (χ2v) is 3.68. The molecule has 0 unspecified atom stereocenters. The molecule has 1 rings (SSSR count). The minimum Gasteiger partial charge on any atom is -0.492 e. The van der Waals surface area contributed by atoms with Crippen molar-refractivity contribution in [2.45, 2.75) is 6.92 Å². The fourth-order valence-electron chi connectivity index (χ4n) is 1.12. The van der Waals surface area contributed by atoms with Crippen molar-refractivity contribution in [3.63, 3.8) is 0 Å². The predicted molar refractivity (Wildman–Crippen MR) is 57.9 cm³/mol. The van der Waals surface area contributed by atoms with Crippen molar-refractivity contribution in [3.8, 4) is 11.5 Å². The number of rotatable bonds is 4. The van der Waals surface area contributed by atoms with Crippen molar-refractivity contribution in [1.82, 2.24) is 0 Å². The number of methoxy groups -OCH3 is 2. The summed E-state index contributed by atoms with van der Waals surface area (Å²) in [4.78, 5) is 0. The average Bonchev–Trinajstić information content (AvgIpc) is 2.14. The highest BCUT2D eigenvalue weighted by atomic mass is 79.9. The molecule has 14 heavy (non-hydrogen) atoms. The van der Waals surface area contributed by atoms with Gasteiger partial charge in [-0.15, -0.1) is 0 Å². The van der Waals surface area contributed by atoms with Gasteiger partial charge in [-0.2, -0.15) is 0 Å². The molecule has 0 heterocycles. The molecule has 0 aromatic heterocycles.